The normalized spacial score (nSPS) is 13.0. The van der Waals surface area contributed by atoms with Gasteiger partial charge in [0.1, 0.15) is 5.75 Å². The number of rotatable bonds is 1. The van der Waals surface area contributed by atoms with Gasteiger partial charge in [-0.05, 0) is 23.9 Å². The molecule has 0 bridgehead atoms. The molecule has 3 N–H and O–H groups in total. The summed E-state index contributed by atoms with van der Waals surface area (Å²) < 4.78 is 0. The highest BCUT2D eigenvalue weighted by Crippen LogP contribution is 2.29. The molecule has 0 aliphatic carbocycles. The Bertz CT molecular complexity index is 463. The molecule has 0 spiro atoms. The molecule has 1 atom stereocenters. The van der Waals surface area contributed by atoms with Crippen LogP contribution in [0.3, 0.4) is 0 Å². The summed E-state index contributed by atoms with van der Waals surface area (Å²) in [6, 6.07) is 11.3. The summed E-state index contributed by atoms with van der Waals surface area (Å²) in [4.78, 5) is 0. The average molecular weight is 187 g/mol. The van der Waals surface area contributed by atoms with Gasteiger partial charge in [-0.25, -0.2) is 0 Å². The van der Waals surface area contributed by atoms with E-state index in [4.69, 9.17) is 5.73 Å². The van der Waals surface area contributed by atoms with Gasteiger partial charge in [0, 0.05) is 11.4 Å². The van der Waals surface area contributed by atoms with E-state index < -0.39 is 0 Å². The van der Waals surface area contributed by atoms with Crippen molar-refractivity contribution in [2.24, 2.45) is 5.73 Å². The SMILES string of the molecule is CC(N)c1ccc(O)c2ccccc12. The van der Waals surface area contributed by atoms with E-state index in [1.165, 1.54) is 0 Å². The first-order valence-corrected chi connectivity index (χ1v) is 4.66. The van der Waals surface area contributed by atoms with Gasteiger partial charge in [0.2, 0.25) is 0 Å². The molecular weight excluding hydrogens is 174 g/mol. The van der Waals surface area contributed by atoms with Gasteiger partial charge in [-0.3, -0.25) is 0 Å². The Balaban J connectivity index is 2.82. The number of hydrogen-bond donors (Lipinski definition) is 2. The van der Waals surface area contributed by atoms with Crippen LogP contribution in [0.1, 0.15) is 18.5 Å². The quantitative estimate of drug-likeness (QED) is 0.720. The van der Waals surface area contributed by atoms with Crippen molar-refractivity contribution in [1.82, 2.24) is 0 Å². The topological polar surface area (TPSA) is 46.2 Å². The minimum absolute atomic E-state index is 0.0134. The highest BCUT2D eigenvalue weighted by Gasteiger charge is 2.06. The second-order valence-electron chi connectivity index (χ2n) is 3.51. The van der Waals surface area contributed by atoms with Gasteiger partial charge in [0.25, 0.3) is 0 Å². The smallest absolute Gasteiger partial charge is 0.123 e. The molecule has 0 aromatic heterocycles. The van der Waals surface area contributed by atoms with Crippen LogP contribution in [0.15, 0.2) is 36.4 Å². The Kier molecular flexibility index (Phi) is 2.14. The van der Waals surface area contributed by atoms with Crippen LogP contribution in [0.5, 0.6) is 5.75 Å². The summed E-state index contributed by atoms with van der Waals surface area (Å²) in [6.07, 6.45) is 0. The van der Waals surface area contributed by atoms with Crippen LogP contribution in [-0.2, 0) is 0 Å². The van der Waals surface area contributed by atoms with Gasteiger partial charge in [-0.15, -0.1) is 0 Å². The molecule has 2 heteroatoms. The summed E-state index contributed by atoms with van der Waals surface area (Å²) >= 11 is 0. The predicted octanol–water partition coefficient (Wildman–Crippen LogP) is 2.57. The van der Waals surface area contributed by atoms with Gasteiger partial charge in [0.05, 0.1) is 0 Å². The minimum atomic E-state index is -0.0134. The number of hydrogen-bond acceptors (Lipinski definition) is 2. The van der Waals surface area contributed by atoms with Crippen LogP contribution in [0.4, 0.5) is 0 Å². The first-order valence-electron chi connectivity index (χ1n) is 4.66. The molecule has 2 aromatic carbocycles. The number of fused-ring (bicyclic) bond motifs is 1. The monoisotopic (exact) mass is 187 g/mol. The van der Waals surface area contributed by atoms with Crippen LogP contribution in [0, 0.1) is 0 Å². The number of phenolic OH excluding ortho intramolecular Hbond substituents is 1. The zero-order valence-electron chi connectivity index (χ0n) is 8.07. The van der Waals surface area contributed by atoms with Crippen LogP contribution in [0.2, 0.25) is 0 Å². The van der Waals surface area contributed by atoms with Crippen LogP contribution in [0.25, 0.3) is 10.8 Å². The zero-order valence-corrected chi connectivity index (χ0v) is 8.07. The summed E-state index contributed by atoms with van der Waals surface area (Å²) in [7, 11) is 0. The lowest BCUT2D eigenvalue weighted by Crippen LogP contribution is -2.05. The van der Waals surface area contributed by atoms with Crippen molar-refractivity contribution in [2.45, 2.75) is 13.0 Å². The number of nitrogens with two attached hydrogens (primary N) is 1. The lowest BCUT2D eigenvalue weighted by Gasteiger charge is -2.10. The predicted molar refractivity (Wildman–Crippen MR) is 58.2 cm³/mol. The molecule has 2 aromatic rings. The Hall–Kier alpha value is -1.54. The fourth-order valence-electron chi connectivity index (χ4n) is 1.70. The maximum absolute atomic E-state index is 9.64. The first kappa shape index (κ1) is 9.03. The second-order valence-corrected chi connectivity index (χ2v) is 3.51. The highest BCUT2D eigenvalue weighted by atomic mass is 16.3. The van der Waals surface area contributed by atoms with E-state index in [9.17, 15) is 5.11 Å². The molecule has 0 saturated heterocycles. The molecule has 72 valence electrons. The molecule has 0 aliphatic heterocycles. The molecule has 2 nitrogen and oxygen atoms in total. The molecular formula is C12H13NO. The fraction of sp³-hybridized carbons (Fsp3) is 0.167. The van der Waals surface area contributed by atoms with E-state index in [1.807, 2.05) is 37.3 Å². The lowest BCUT2D eigenvalue weighted by atomic mass is 9.99. The van der Waals surface area contributed by atoms with Crippen molar-refractivity contribution in [3.8, 4) is 5.75 Å². The Morgan fingerprint density at radius 2 is 1.71 bits per heavy atom. The van der Waals surface area contributed by atoms with E-state index in [1.54, 1.807) is 6.07 Å². The number of phenols is 1. The average Bonchev–Trinajstić information content (AvgIpc) is 2.18. The standard InChI is InChI=1S/C12H13NO/c1-8(13)9-6-7-12(14)11-5-3-2-4-10(9)11/h2-8,14H,13H2,1H3. The van der Waals surface area contributed by atoms with Gasteiger partial charge in [-0.1, -0.05) is 30.3 Å². The largest absolute Gasteiger partial charge is 0.507 e. The third kappa shape index (κ3) is 1.34. The van der Waals surface area contributed by atoms with E-state index in [0.717, 1.165) is 16.3 Å². The van der Waals surface area contributed by atoms with Crippen LogP contribution < -0.4 is 5.73 Å². The molecule has 0 saturated carbocycles. The van der Waals surface area contributed by atoms with E-state index in [-0.39, 0.29) is 6.04 Å². The Morgan fingerprint density at radius 1 is 1.07 bits per heavy atom. The second kappa shape index (κ2) is 3.31. The maximum atomic E-state index is 9.64. The molecule has 0 heterocycles. The molecule has 0 amide bonds. The zero-order chi connectivity index (χ0) is 10.1. The van der Waals surface area contributed by atoms with Gasteiger partial charge >= 0.3 is 0 Å². The van der Waals surface area contributed by atoms with Crippen molar-refractivity contribution in [3.05, 3.63) is 42.0 Å². The molecule has 2 rings (SSSR count). The van der Waals surface area contributed by atoms with Gasteiger partial charge in [0.15, 0.2) is 0 Å². The summed E-state index contributed by atoms with van der Waals surface area (Å²) in [5.41, 5.74) is 6.92. The third-order valence-electron chi connectivity index (χ3n) is 2.43. The Morgan fingerprint density at radius 3 is 2.36 bits per heavy atom. The van der Waals surface area contributed by atoms with Crippen molar-refractivity contribution < 1.29 is 5.11 Å². The maximum Gasteiger partial charge on any atom is 0.123 e. The Labute approximate surface area is 83.0 Å². The van der Waals surface area contributed by atoms with Gasteiger partial charge in [-0.2, -0.15) is 0 Å². The minimum Gasteiger partial charge on any atom is -0.507 e. The van der Waals surface area contributed by atoms with Gasteiger partial charge < -0.3 is 10.8 Å². The van der Waals surface area contributed by atoms with Crippen molar-refractivity contribution in [1.29, 1.82) is 0 Å². The number of aromatic hydroxyl groups is 1. The van der Waals surface area contributed by atoms with Crippen molar-refractivity contribution in [2.75, 3.05) is 0 Å². The summed E-state index contributed by atoms with van der Waals surface area (Å²) in [6.45, 7) is 1.94. The van der Waals surface area contributed by atoms with Crippen molar-refractivity contribution >= 4 is 10.8 Å². The molecule has 0 fully saturated rings. The lowest BCUT2D eigenvalue weighted by molar-refractivity contribution is 0.481. The fourth-order valence-corrected chi connectivity index (χ4v) is 1.70. The summed E-state index contributed by atoms with van der Waals surface area (Å²) in [5, 5.41) is 11.5. The van der Waals surface area contributed by atoms with E-state index in [2.05, 4.69) is 0 Å². The van der Waals surface area contributed by atoms with E-state index >= 15 is 0 Å². The van der Waals surface area contributed by atoms with Crippen LogP contribution in [-0.4, -0.2) is 5.11 Å². The first-order chi connectivity index (χ1) is 6.70. The molecule has 0 radical (unpaired) electrons. The molecule has 14 heavy (non-hydrogen) atoms. The van der Waals surface area contributed by atoms with Crippen LogP contribution >= 0.6 is 0 Å². The highest BCUT2D eigenvalue weighted by molar-refractivity contribution is 5.91. The van der Waals surface area contributed by atoms with E-state index in [0.29, 0.717) is 5.75 Å². The number of benzene rings is 2. The molecule has 0 aliphatic rings. The third-order valence-corrected chi connectivity index (χ3v) is 2.43. The summed E-state index contributed by atoms with van der Waals surface area (Å²) in [5.74, 6) is 0.310. The molecule has 1 unspecified atom stereocenters. The van der Waals surface area contributed by atoms with Crippen molar-refractivity contribution in [3.63, 3.8) is 0 Å².